The number of thioether (sulfide) groups is 1. The third kappa shape index (κ3) is 3.40. The highest BCUT2D eigenvalue weighted by Crippen LogP contribution is 2.23. The Labute approximate surface area is 129 Å². The Morgan fingerprint density at radius 1 is 1.14 bits per heavy atom. The van der Waals surface area contributed by atoms with Crippen molar-refractivity contribution in [2.45, 2.75) is 31.3 Å². The van der Waals surface area contributed by atoms with Gasteiger partial charge in [0.1, 0.15) is 6.04 Å². The van der Waals surface area contributed by atoms with E-state index in [1.54, 1.807) is 0 Å². The summed E-state index contributed by atoms with van der Waals surface area (Å²) in [6.07, 6.45) is 2.58. The highest BCUT2D eigenvalue weighted by molar-refractivity contribution is 7.99. The molecule has 0 saturated carbocycles. The molecule has 21 heavy (non-hydrogen) atoms. The number of hydrogen-bond donors (Lipinski definition) is 1. The van der Waals surface area contributed by atoms with Gasteiger partial charge in [-0.1, -0.05) is 30.3 Å². The van der Waals surface area contributed by atoms with Crippen LogP contribution in [-0.2, 0) is 16.0 Å². The van der Waals surface area contributed by atoms with E-state index in [4.69, 9.17) is 0 Å². The van der Waals surface area contributed by atoms with Crippen molar-refractivity contribution >= 4 is 23.6 Å². The third-order valence-electron chi connectivity index (χ3n) is 4.14. The lowest BCUT2D eigenvalue weighted by molar-refractivity contribution is -0.146. The highest BCUT2D eigenvalue weighted by atomic mass is 32.2. The molecule has 4 nitrogen and oxygen atoms in total. The summed E-state index contributed by atoms with van der Waals surface area (Å²) in [5, 5.41) is 2.85. The summed E-state index contributed by atoms with van der Waals surface area (Å²) >= 11 is 1.93. The molecular formula is C16H20N2O2S. The minimum atomic E-state index is -0.414. The molecule has 2 aliphatic rings. The van der Waals surface area contributed by atoms with Crippen molar-refractivity contribution in [1.29, 1.82) is 0 Å². The monoisotopic (exact) mass is 304 g/mol. The molecular weight excluding hydrogens is 284 g/mol. The molecule has 2 amide bonds. The Balaban J connectivity index is 1.72. The van der Waals surface area contributed by atoms with Gasteiger partial charge in [0.05, 0.1) is 6.54 Å². The molecule has 3 rings (SSSR count). The first-order valence-electron chi connectivity index (χ1n) is 7.45. The molecule has 0 spiro atoms. The lowest BCUT2D eigenvalue weighted by Gasteiger charge is -2.39. The maximum absolute atomic E-state index is 12.7. The number of piperazine rings is 1. The minimum absolute atomic E-state index is 0.0336. The maximum Gasteiger partial charge on any atom is 0.246 e. The van der Waals surface area contributed by atoms with Gasteiger partial charge in [-0.05, 0) is 29.9 Å². The molecule has 2 saturated heterocycles. The van der Waals surface area contributed by atoms with Crippen LogP contribution in [0.1, 0.15) is 18.4 Å². The average molecular weight is 304 g/mol. The zero-order valence-corrected chi connectivity index (χ0v) is 12.8. The van der Waals surface area contributed by atoms with Crippen LogP contribution in [0, 0.1) is 0 Å². The molecule has 2 heterocycles. The van der Waals surface area contributed by atoms with Crippen LogP contribution < -0.4 is 5.32 Å². The SMILES string of the molecule is O=C1CN(C2CCSCC2)C(=O)C(Cc2ccccc2)N1. The van der Waals surface area contributed by atoms with Gasteiger partial charge in [0, 0.05) is 12.5 Å². The molecule has 5 heteroatoms. The molecule has 2 fully saturated rings. The largest absolute Gasteiger partial charge is 0.342 e. The van der Waals surface area contributed by atoms with Crippen molar-refractivity contribution in [1.82, 2.24) is 10.2 Å². The van der Waals surface area contributed by atoms with Gasteiger partial charge >= 0.3 is 0 Å². The summed E-state index contributed by atoms with van der Waals surface area (Å²) in [6.45, 7) is 0.222. The van der Waals surface area contributed by atoms with Crippen LogP contribution in [-0.4, -0.2) is 46.8 Å². The zero-order chi connectivity index (χ0) is 14.7. The van der Waals surface area contributed by atoms with Crippen LogP contribution in [0.25, 0.3) is 0 Å². The lowest BCUT2D eigenvalue weighted by Crippen LogP contribution is -2.61. The second-order valence-corrected chi connectivity index (χ2v) is 6.84. The highest BCUT2D eigenvalue weighted by Gasteiger charge is 2.36. The molecule has 2 aliphatic heterocycles. The van der Waals surface area contributed by atoms with E-state index in [1.807, 2.05) is 47.0 Å². The summed E-state index contributed by atoms with van der Waals surface area (Å²) in [4.78, 5) is 26.4. The number of carbonyl (C=O) groups is 2. The van der Waals surface area contributed by atoms with Crippen molar-refractivity contribution in [3.8, 4) is 0 Å². The summed E-state index contributed by atoms with van der Waals surface area (Å²) in [6, 6.07) is 9.69. The van der Waals surface area contributed by atoms with Crippen LogP contribution in [0.15, 0.2) is 30.3 Å². The van der Waals surface area contributed by atoms with E-state index in [0.29, 0.717) is 6.42 Å². The molecule has 112 valence electrons. The van der Waals surface area contributed by atoms with E-state index in [0.717, 1.165) is 29.9 Å². The Hall–Kier alpha value is -1.49. The summed E-state index contributed by atoms with van der Waals surface area (Å²) in [7, 11) is 0. The van der Waals surface area contributed by atoms with Crippen LogP contribution in [0.3, 0.4) is 0 Å². The van der Waals surface area contributed by atoms with E-state index < -0.39 is 6.04 Å². The fraction of sp³-hybridized carbons (Fsp3) is 0.500. The van der Waals surface area contributed by atoms with Gasteiger partial charge in [-0.2, -0.15) is 11.8 Å². The van der Waals surface area contributed by atoms with Gasteiger partial charge in [0.2, 0.25) is 11.8 Å². The van der Waals surface area contributed by atoms with E-state index in [-0.39, 0.29) is 24.4 Å². The summed E-state index contributed by atoms with van der Waals surface area (Å²) < 4.78 is 0. The molecule has 0 radical (unpaired) electrons. The average Bonchev–Trinajstić information content (AvgIpc) is 2.52. The minimum Gasteiger partial charge on any atom is -0.342 e. The standard InChI is InChI=1S/C16H20N2O2S/c19-15-11-18(13-6-8-21-9-7-13)16(20)14(17-15)10-12-4-2-1-3-5-12/h1-5,13-14H,6-11H2,(H,17,19). The van der Waals surface area contributed by atoms with Gasteiger partial charge < -0.3 is 10.2 Å². The molecule has 0 aliphatic carbocycles. The van der Waals surface area contributed by atoms with Gasteiger partial charge in [-0.3, -0.25) is 9.59 Å². The van der Waals surface area contributed by atoms with E-state index in [1.165, 1.54) is 0 Å². The number of hydrogen-bond acceptors (Lipinski definition) is 3. The van der Waals surface area contributed by atoms with Gasteiger partial charge in [0.15, 0.2) is 0 Å². The molecule has 1 unspecified atom stereocenters. The van der Waals surface area contributed by atoms with Crippen LogP contribution in [0.5, 0.6) is 0 Å². The number of nitrogens with zero attached hydrogens (tertiary/aromatic N) is 1. The predicted molar refractivity (Wildman–Crippen MR) is 84.1 cm³/mol. The lowest BCUT2D eigenvalue weighted by atomic mass is 10.0. The molecule has 0 bridgehead atoms. The molecule has 1 aromatic rings. The summed E-state index contributed by atoms with van der Waals surface area (Å²) in [5.74, 6) is 2.21. The smallest absolute Gasteiger partial charge is 0.246 e. The Kier molecular flexibility index (Phi) is 4.48. The second kappa shape index (κ2) is 6.52. The number of benzene rings is 1. The van der Waals surface area contributed by atoms with Crippen molar-refractivity contribution in [3.63, 3.8) is 0 Å². The van der Waals surface area contributed by atoms with Crippen LogP contribution in [0.2, 0.25) is 0 Å². The van der Waals surface area contributed by atoms with Gasteiger partial charge in [-0.15, -0.1) is 0 Å². The zero-order valence-electron chi connectivity index (χ0n) is 12.0. The van der Waals surface area contributed by atoms with Crippen molar-refractivity contribution < 1.29 is 9.59 Å². The van der Waals surface area contributed by atoms with Crippen LogP contribution in [0.4, 0.5) is 0 Å². The number of carbonyl (C=O) groups excluding carboxylic acids is 2. The van der Waals surface area contributed by atoms with E-state index in [9.17, 15) is 9.59 Å². The fourth-order valence-corrected chi connectivity index (χ4v) is 4.11. The number of rotatable bonds is 3. The van der Waals surface area contributed by atoms with Gasteiger partial charge in [0.25, 0.3) is 0 Å². The Bertz CT molecular complexity index is 514. The van der Waals surface area contributed by atoms with Gasteiger partial charge in [-0.25, -0.2) is 0 Å². The Morgan fingerprint density at radius 2 is 1.86 bits per heavy atom. The number of nitrogens with one attached hydrogen (secondary N) is 1. The predicted octanol–water partition coefficient (Wildman–Crippen LogP) is 1.45. The van der Waals surface area contributed by atoms with Crippen molar-refractivity contribution in [3.05, 3.63) is 35.9 Å². The number of amides is 2. The van der Waals surface area contributed by atoms with E-state index >= 15 is 0 Å². The second-order valence-electron chi connectivity index (χ2n) is 5.62. The van der Waals surface area contributed by atoms with Crippen molar-refractivity contribution in [2.24, 2.45) is 0 Å². The van der Waals surface area contributed by atoms with Crippen molar-refractivity contribution in [2.75, 3.05) is 18.1 Å². The topological polar surface area (TPSA) is 49.4 Å². The molecule has 1 aromatic carbocycles. The normalized spacial score (nSPS) is 24.0. The third-order valence-corrected chi connectivity index (χ3v) is 5.19. The first kappa shape index (κ1) is 14.4. The van der Waals surface area contributed by atoms with E-state index in [2.05, 4.69) is 5.32 Å². The summed E-state index contributed by atoms with van der Waals surface area (Å²) in [5.41, 5.74) is 1.08. The fourth-order valence-electron chi connectivity index (χ4n) is 3.03. The quantitative estimate of drug-likeness (QED) is 0.919. The molecule has 1 atom stereocenters. The molecule has 1 N–H and O–H groups in total. The maximum atomic E-state index is 12.7. The first-order valence-corrected chi connectivity index (χ1v) is 8.61. The Morgan fingerprint density at radius 3 is 2.57 bits per heavy atom. The van der Waals surface area contributed by atoms with Crippen LogP contribution >= 0.6 is 11.8 Å². The first-order chi connectivity index (χ1) is 10.2. The molecule has 0 aromatic heterocycles.